The second-order valence-electron chi connectivity index (χ2n) is 8.50. The second-order valence-corrected chi connectivity index (χ2v) is 8.50. The van der Waals surface area contributed by atoms with Crippen LogP contribution in [-0.2, 0) is 23.9 Å². The Balaban J connectivity index is 4.50. The lowest BCUT2D eigenvalue weighted by atomic mass is 9.89. The van der Waals surface area contributed by atoms with Crippen LogP contribution in [0.1, 0.15) is 117 Å². The van der Waals surface area contributed by atoms with Gasteiger partial charge in [-0.15, -0.1) is 0 Å². The molecule has 0 spiro atoms. The maximum atomic E-state index is 12.6. The van der Waals surface area contributed by atoms with Gasteiger partial charge in [-0.05, 0) is 12.8 Å². The quantitative estimate of drug-likeness (QED) is 0.166. The highest BCUT2D eigenvalue weighted by Gasteiger charge is 2.27. The Bertz CT molecular complexity index is 420. The number of methoxy groups -OCH3 is 2. The molecule has 0 bridgehead atoms. The van der Waals surface area contributed by atoms with Gasteiger partial charge in [0.2, 0.25) is 0 Å². The number of esters is 2. The van der Waals surface area contributed by atoms with Crippen LogP contribution in [-0.4, -0.2) is 31.9 Å². The zero-order valence-corrected chi connectivity index (χ0v) is 20.0. The third-order valence-electron chi connectivity index (χ3n) is 5.83. The van der Waals surface area contributed by atoms with Crippen molar-refractivity contribution in [1.29, 1.82) is 0 Å². The van der Waals surface area contributed by atoms with Crippen LogP contribution in [0.3, 0.4) is 0 Å². The Morgan fingerprint density at radius 3 is 1.23 bits per heavy atom. The molecule has 5 heteroatoms. The summed E-state index contributed by atoms with van der Waals surface area (Å²) >= 11 is 0. The van der Waals surface area contributed by atoms with Gasteiger partial charge in [-0.3, -0.25) is 14.4 Å². The lowest BCUT2D eigenvalue weighted by Crippen LogP contribution is -2.24. The minimum Gasteiger partial charge on any atom is -0.469 e. The molecule has 5 nitrogen and oxygen atoms in total. The van der Waals surface area contributed by atoms with Crippen LogP contribution in [0.4, 0.5) is 0 Å². The van der Waals surface area contributed by atoms with E-state index in [1.54, 1.807) is 0 Å². The average molecular weight is 427 g/mol. The number of carbonyl (C=O) groups excluding carboxylic acids is 3. The number of rotatable bonds is 20. The summed E-state index contributed by atoms with van der Waals surface area (Å²) in [5.41, 5.74) is 0. The van der Waals surface area contributed by atoms with Crippen LogP contribution in [0.15, 0.2) is 0 Å². The molecule has 0 fully saturated rings. The van der Waals surface area contributed by atoms with Gasteiger partial charge in [-0.25, -0.2) is 0 Å². The fraction of sp³-hybridized carbons (Fsp3) is 0.880. The van der Waals surface area contributed by atoms with E-state index in [-0.39, 0.29) is 30.6 Å². The van der Waals surface area contributed by atoms with E-state index >= 15 is 0 Å². The maximum Gasteiger partial charge on any atom is 0.309 e. The van der Waals surface area contributed by atoms with Crippen molar-refractivity contribution in [1.82, 2.24) is 0 Å². The monoisotopic (exact) mass is 426 g/mol. The summed E-state index contributed by atoms with van der Waals surface area (Å²) in [5, 5.41) is 0. The number of ether oxygens (including phenoxy) is 2. The first kappa shape index (κ1) is 28.6. The van der Waals surface area contributed by atoms with Crippen LogP contribution in [0.25, 0.3) is 0 Å². The second kappa shape index (κ2) is 19.6. The standard InChI is InChI=1S/C25H46O5/c1-5-7-9-11-13-15-17-21(24(27)29-3)19-23(26)20-22(25(28)30-4)18-16-14-12-10-8-6-2/h21-22H,5-20H2,1-4H3. The number of hydrogen-bond acceptors (Lipinski definition) is 5. The third kappa shape index (κ3) is 14.6. The summed E-state index contributed by atoms with van der Waals surface area (Å²) in [6.07, 6.45) is 15.3. The van der Waals surface area contributed by atoms with Gasteiger partial charge in [0.15, 0.2) is 0 Å². The maximum absolute atomic E-state index is 12.6. The number of ketones is 1. The first-order valence-electron chi connectivity index (χ1n) is 12.2. The first-order valence-corrected chi connectivity index (χ1v) is 12.2. The molecule has 0 aromatic heterocycles. The van der Waals surface area contributed by atoms with E-state index in [1.807, 2.05) is 0 Å². The molecule has 0 aromatic carbocycles. The van der Waals surface area contributed by atoms with Crippen molar-refractivity contribution in [3.8, 4) is 0 Å². The average Bonchev–Trinajstić information content (AvgIpc) is 2.75. The molecule has 0 saturated heterocycles. The van der Waals surface area contributed by atoms with Gasteiger partial charge in [0.05, 0.1) is 26.1 Å². The van der Waals surface area contributed by atoms with Crippen molar-refractivity contribution in [2.24, 2.45) is 11.8 Å². The molecule has 176 valence electrons. The highest BCUT2D eigenvalue weighted by atomic mass is 16.5. The summed E-state index contributed by atoms with van der Waals surface area (Å²) in [5.74, 6) is -1.48. The number of Topliss-reactive ketones (excluding diaryl/α,β-unsaturated/α-hetero) is 1. The van der Waals surface area contributed by atoms with Crippen molar-refractivity contribution in [3.05, 3.63) is 0 Å². The molecule has 0 aliphatic carbocycles. The van der Waals surface area contributed by atoms with Crippen molar-refractivity contribution < 1.29 is 23.9 Å². The van der Waals surface area contributed by atoms with E-state index in [0.29, 0.717) is 12.8 Å². The molecule has 0 saturated carbocycles. The molecular weight excluding hydrogens is 380 g/mol. The number of carbonyl (C=O) groups is 3. The highest BCUT2D eigenvalue weighted by Crippen LogP contribution is 2.22. The molecule has 0 radical (unpaired) electrons. The van der Waals surface area contributed by atoms with Gasteiger partial charge in [0.25, 0.3) is 0 Å². The van der Waals surface area contributed by atoms with Crippen LogP contribution in [0.5, 0.6) is 0 Å². The summed E-state index contributed by atoms with van der Waals surface area (Å²) in [7, 11) is 2.74. The number of hydrogen-bond donors (Lipinski definition) is 0. The van der Waals surface area contributed by atoms with Gasteiger partial charge in [0.1, 0.15) is 5.78 Å². The van der Waals surface area contributed by atoms with E-state index in [1.165, 1.54) is 65.6 Å². The minimum absolute atomic E-state index is 0.0437. The topological polar surface area (TPSA) is 69.7 Å². The van der Waals surface area contributed by atoms with E-state index in [9.17, 15) is 14.4 Å². The minimum atomic E-state index is -0.402. The molecule has 0 aliphatic heterocycles. The molecule has 0 aliphatic rings. The van der Waals surface area contributed by atoms with Gasteiger partial charge in [0, 0.05) is 12.8 Å². The van der Waals surface area contributed by atoms with Crippen molar-refractivity contribution in [2.75, 3.05) is 14.2 Å². The normalized spacial score (nSPS) is 12.9. The lowest BCUT2D eigenvalue weighted by Gasteiger charge is -2.17. The molecule has 30 heavy (non-hydrogen) atoms. The fourth-order valence-electron chi connectivity index (χ4n) is 3.91. The van der Waals surface area contributed by atoms with Gasteiger partial charge < -0.3 is 9.47 Å². The zero-order chi connectivity index (χ0) is 22.6. The van der Waals surface area contributed by atoms with E-state index in [0.717, 1.165) is 25.7 Å². The molecule has 0 rings (SSSR count). The number of unbranched alkanes of at least 4 members (excludes halogenated alkanes) is 10. The Kier molecular flexibility index (Phi) is 18.7. The van der Waals surface area contributed by atoms with Crippen LogP contribution in [0, 0.1) is 11.8 Å². The molecule has 2 unspecified atom stereocenters. The smallest absolute Gasteiger partial charge is 0.309 e. The summed E-state index contributed by atoms with van der Waals surface area (Å²) in [6, 6.07) is 0. The highest BCUT2D eigenvalue weighted by molar-refractivity contribution is 5.87. The molecule has 0 amide bonds. The summed E-state index contributed by atoms with van der Waals surface area (Å²) < 4.78 is 9.82. The molecule has 0 heterocycles. The largest absolute Gasteiger partial charge is 0.469 e. The van der Waals surface area contributed by atoms with Crippen LogP contribution < -0.4 is 0 Å². The zero-order valence-electron chi connectivity index (χ0n) is 20.0. The lowest BCUT2D eigenvalue weighted by molar-refractivity contribution is -0.149. The first-order chi connectivity index (χ1) is 14.5. The fourth-order valence-corrected chi connectivity index (χ4v) is 3.91. The van der Waals surface area contributed by atoms with Gasteiger partial charge in [-0.1, -0.05) is 90.9 Å². The molecule has 2 atom stereocenters. The van der Waals surface area contributed by atoms with Gasteiger partial charge in [-0.2, -0.15) is 0 Å². The summed E-state index contributed by atoms with van der Waals surface area (Å²) in [4.78, 5) is 36.9. The Labute approximate surface area is 184 Å². The predicted molar refractivity (Wildman–Crippen MR) is 121 cm³/mol. The van der Waals surface area contributed by atoms with Crippen LogP contribution in [0.2, 0.25) is 0 Å². The molecule has 0 aromatic rings. The van der Waals surface area contributed by atoms with Crippen molar-refractivity contribution in [3.63, 3.8) is 0 Å². The van der Waals surface area contributed by atoms with E-state index in [4.69, 9.17) is 9.47 Å². The Morgan fingerprint density at radius 1 is 0.567 bits per heavy atom. The Hall–Kier alpha value is -1.39. The van der Waals surface area contributed by atoms with Crippen molar-refractivity contribution >= 4 is 17.7 Å². The van der Waals surface area contributed by atoms with Crippen LogP contribution >= 0.6 is 0 Å². The Morgan fingerprint density at radius 2 is 0.900 bits per heavy atom. The predicted octanol–water partition coefficient (Wildman–Crippen LogP) is 6.42. The summed E-state index contributed by atoms with van der Waals surface area (Å²) in [6.45, 7) is 4.37. The molecule has 0 N–H and O–H groups in total. The third-order valence-corrected chi connectivity index (χ3v) is 5.83. The van der Waals surface area contributed by atoms with Gasteiger partial charge >= 0.3 is 11.9 Å². The molecular formula is C25H46O5. The van der Waals surface area contributed by atoms with E-state index < -0.39 is 11.8 Å². The van der Waals surface area contributed by atoms with E-state index in [2.05, 4.69) is 13.8 Å². The SMILES string of the molecule is CCCCCCCCC(CC(=O)CC(CCCCCCCC)C(=O)OC)C(=O)OC. The van der Waals surface area contributed by atoms with Crippen molar-refractivity contribution in [2.45, 2.75) is 117 Å².